The average molecular weight is 202 g/mol. The average Bonchev–Trinajstić information content (AvgIpc) is 2.57. The van der Waals surface area contributed by atoms with Gasteiger partial charge < -0.3 is 15.5 Å². The van der Waals surface area contributed by atoms with Gasteiger partial charge in [-0.1, -0.05) is 0 Å². The maximum absolute atomic E-state index is 9.42. The van der Waals surface area contributed by atoms with Crippen LogP contribution in [0.1, 0.15) is 12.6 Å². The van der Waals surface area contributed by atoms with Gasteiger partial charge in [-0.2, -0.15) is 0 Å². The fraction of sp³-hybridized carbons (Fsp3) is 0.625. The maximum Gasteiger partial charge on any atom is 0.0972 e. The summed E-state index contributed by atoms with van der Waals surface area (Å²) in [5.74, 6) is 0. The zero-order valence-corrected chi connectivity index (χ0v) is 8.34. The molecule has 0 spiro atoms. The van der Waals surface area contributed by atoms with Crippen LogP contribution in [0.3, 0.4) is 0 Å². The van der Waals surface area contributed by atoms with Crippen molar-refractivity contribution in [1.82, 2.24) is 10.3 Å². The SMILES string of the molecule is CC(O)(CO)CNCc1cscn1. The Bertz CT molecular complexity index is 236. The second-order valence-electron chi connectivity index (χ2n) is 3.24. The van der Waals surface area contributed by atoms with Gasteiger partial charge in [-0.15, -0.1) is 11.3 Å². The third-order valence-electron chi connectivity index (χ3n) is 1.64. The number of nitrogens with zero attached hydrogens (tertiary/aromatic N) is 1. The van der Waals surface area contributed by atoms with Crippen molar-refractivity contribution in [3.05, 3.63) is 16.6 Å². The summed E-state index contributed by atoms with van der Waals surface area (Å²) < 4.78 is 0. The molecule has 0 radical (unpaired) electrons. The first kappa shape index (κ1) is 10.6. The van der Waals surface area contributed by atoms with E-state index in [9.17, 15) is 5.11 Å². The van der Waals surface area contributed by atoms with Crippen LogP contribution in [-0.2, 0) is 6.54 Å². The number of aliphatic hydroxyl groups is 2. The van der Waals surface area contributed by atoms with E-state index in [4.69, 9.17) is 5.11 Å². The number of hydrogen-bond donors (Lipinski definition) is 3. The topological polar surface area (TPSA) is 65.4 Å². The summed E-state index contributed by atoms with van der Waals surface area (Å²) >= 11 is 1.54. The molecule has 0 saturated carbocycles. The van der Waals surface area contributed by atoms with Crippen LogP contribution in [0, 0.1) is 0 Å². The van der Waals surface area contributed by atoms with Crippen LogP contribution >= 0.6 is 11.3 Å². The third-order valence-corrected chi connectivity index (χ3v) is 2.27. The van der Waals surface area contributed by atoms with Crippen molar-refractivity contribution in [3.63, 3.8) is 0 Å². The Labute approximate surface area is 81.3 Å². The molecule has 3 N–H and O–H groups in total. The summed E-state index contributed by atoms with van der Waals surface area (Å²) in [6.07, 6.45) is 0. The number of thiazole rings is 1. The molecule has 5 heteroatoms. The number of aliphatic hydroxyl groups excluding tert-OH is 1. The minimum absolute atomic E-state index is 0.239. The molecule has 13 heavy (non-hydrogen) atoms. The fourth-order valence-electron chi connectivity index (χ4n) is 0.841. The lowest BCUT2D eigenvalue weighted by Gasteiger charge is -2.20. The summed E-state index contributed by atoms with van der Waals surface area (Å²) in [7, 11) is 0. The molecule has 74 valence electrons. The van der Waals surface area contributed by atoms with Gasteiger partial charge in [0.15, 0.2) is 0 Å². The summed E-state index contributed by atoms with van der Waals surface area (Å²) in [5, 5.41) is 23.1. The fourth-order valence-corrected chi connectivity index (χ4v) is 1.40. The molecule has 0 aliphatic rings. The highest BCUT2D eigenvalue weighted by Crippen LogP contribution is 2.02. The third kappa shape index (κ3) is 3.82. The van der Waals surface area contributed by atoms with Crippen LogP contribution in [0.15, 0.2) is 10.9 Å². The van der Waals surface area contributed by atoms with E-state index in [1.165, 1.54) is 0 Å². The smallest absolute Gasteiger partial charge is 0.0972 e. The summed E-state index contributed by atoms with van der Waals surface area (Å²) in [6, 6.07) is 0. The number of rotatable bonds is 5. The van der Waals surface area contributed by atoms with Crippen LogP contribution in [-0.4, -0.2) is 33.9 Å². The van der Waals surface area contributed by atoms with Gasteiger partial charge in [-0.05, 0) is 6.92 Å². The van der Waals surface area contributed by atoms with E-state index in [1.54, 1.807) is 23.8 Å². The first-order valence-electron chi connectivity index (χ1n) is 4.05. The van der Waals surface area contributed by atoms with Crippen LogP contribution in [0.2, 0.25) is 0 Å². The van der Waals surface area contributed by atoms with Crippen molar-refractivity contribution in [1.29, 1.82) is 0 Å². The van der Waals surface area contributed by atoms with Gasteiger partial charge in [0.05, 0.1) is 23.4 Å². The molecule has 1 aromatic rings. The van der Waals surface area contributed by atoms with E-state index in [2.05, 4.69) is 10.3 Å². The minimum Gasteiger partial charge on any atom is -0.393 e. The second-order valence-corrected chi connectivity index (χ2v) is 3.96. The standard InChI is InChI=1S/C8H14N2O2S/c1-8(12,5-11)4-9-2-7-3-13-6-10-7/h3,6,9,11-12H,2,4-5H2,1H3. The Morgan fingerprint density at radius 2 is 2.46 bits per heavy atom. The zero-order chi connectivity index (χ0) is 9.73. The van der Waals surface area contributed by atoms with Crippen LogP contribution < -0.4 is 5.32 Å². The van der Waals surface area contributed by atoms with E-state index < -0.39 is 5.60 Å². The Morgan fingerprint density at radius 1 is 1.69 bits per heavy atom. The molecule has 4 nitrogen and oxygen atoms in total. The quantitative estimate of drug-likeness (QED) is 0.627. The van der Waals surface area contributed by atoms with Crippen LogP contribution in [0.25, 0.3) is 0 Å². The molecule has 0 saturated heterocycles. The molecule has 0 amide bonds. The van der Waals surface area contributed by atoms with Crippen molar-refractivity contribution in [3.8, 4) is 0 Å². The lowest BCUT2D eigenvalue weighted by Crippen LogP contribution is -2.40. The first-order chi connectivity index (χ1) is 6.14. The molecule has 1 aromatic heterocycles. The van der Waals surface area contributed by atoms with Crippen molar-refractivity contribution < 1.29 is 10.2 Å². The molecule has 0 aliphatic carbocycles. The minimum atomic E-state index is -1.05. The highest BCUT2D eigenvalue weighted by molar-refractivity contribution is 7.07. The lowest BCUT2D eigenvalue weighted by atomic mass is 10.1. The Kier molecular flexibility index (Phi) is 3.80. The van der Waals surface area contributed by atoms with Gasteiger partial charge in [0.25, 0.3) is 0 Å². The Hall–Kier alpha value is -0.490. The first-order valence-corrected chi connectivity index (χ1v) is 4.99. The molecular weight excluding hydrogens is 188 g/mol. The molecule has 1 atom stereocenters. The van der Waals surface area contributed by atoms with E-state index in [0.29, 0.717) is 13.1 Å². The van der Waals surface area contributed by atoms with Crippen LogP contribution in [0.5, 0.6) is 0 Å². The lowest BCUT2D eigenvalue weighted by molar-refractivity contribution is 0.00249. The second kappa shape index (κ2) is 4.66. The van der Waals surface area contributed by atoms with E-state index in [-0.39, 0.29) is 6.61 Å². The molecule has 0 aromatic carbocycles. The molecule has 0 aliphatic heterocycles. The number of aromatic nitrogens is 1. The maximum atomic E-state index is 9.42. The van der Waals surface area contributed by atoms with Crippen molar-refractivity contribution in [2.75, 3.05) is 13.2 Å². The summed E-state index contributed by atoms with van der Waals surface area (Å²) in [6.45, 7) is 2.33. The van der Waals surface area contributed by atoms with Gasteiger partial charge >= 0.3 is 0 Å². The van der Waals surface area contributed by atoms with Crippen molar-refractivity contribution in [2.24, 2.45) is 0 Å². The van der Waals surface area contributed by atoms with Gasteiger partial charge in [0.2, 0.25) is 0 Å². The molecule has 1 rings (SSSR count). The van der Waals surface area contributed by atoms with Crippen molar-refractivity contribution in [2.45, 2.75) is 19.1 Å². The molecule has 0 fully saturated rings. The van der Waals surface area contributed by atoms with E-state index in [1.807, 2.05) is 5.38 Å². The normalized spacial score (nSPS) is 15.6. The Morgan fingerprint density at radius 3 is 3.00 bits per heavy atom. The number of hydrogen-bond acceptors (Lipinski definition) is 5. The Balaban J connectivity index is 2.21. The zero-order valence-electron chi connectivity index (χ0n) is 7.53. The highest BCUT2D eigenvalue weighted by Gasteiger charge is 2.17. The highest BCUT2D eigenvalue weighted by atomic mass is 32.1. The van der Waals surface area contributed by atoms with Gasteiger partial charge in [0.1, 0.15) is 0 Å². The van der Waals surface area contributed by atoms with E-state index in [0.717, 1.165) is 5.69 Å². The van der Waals surface area contributed by atoms with E-state index >= 15 is 0 Å². The van der Waals surface area contributed by atoms with Gasteiger partial charge in [0, 0.05) is 18.5 Å². The predicted octanol–water partition coefficient (Wildman–Crippen LogP) is -0.0240. The predicted molar refractivity (Wildman–Crippen MR) is 51.5 cm³/mol. The van der Waals surface area contributed by atoms with Gasteiger partial charge in [-0.3, -0.25) is 0 Å². The monoisotopic (exact) mass is 202 g/mol. The molecular formula is C8H14N2O2S. The summed E-state index contributed by atoms with van der Waals surface area (Å²) in [4.78, 5) is 4.07. The van der Waals surface area contributed by atoms with Gasteiger partial charge in [-0.25, -0.2) is 4.98 Å². The van der Waals surface area contributed by atoms with Crippen molar-refractivity contribution >= 4 is 11.3 Å². The summed E-state index contributed by atoms with van der Waals surface area (Å²) in [5.41, 5.74) is 1.68. The molecule has 0 bridgehead atoms. The largest absolute Gasteiger partial charge is 0.393 e. The number of nitrogens with one attached hydrogen (secondary N) is 1. The molecule has 1 heterocycles. The van der Waals surface area contributed by atoms with Crippen LogP contribution in [0.4, 0.5) is 0 Å². The molecule has 1 unspecified atom stereocenters.